The highest BCUT2D eigenvalue weighted by atomic mass is 16.2. The summed E-state index contributed by atoms with van der Waals surface area (Å²) in [6.07, 6.45) is 0. The zero-order chi connectivity index (χ0) is 9.02. The van der Waals surface area contributed by atoms with Crippen molar-refractivity contribution in [3.8, 4) is 0 Å². The van der Waals surface area contributed by atoms with Crippen molar-refractivity contribution in [3.05, 3.63) is 0 Å². The summed E-state index contributed by atoms with van der Waals surface area (Å²) in [6, 6.07) is -0.264. The van der Waals surface area contributed by atoms with Crippen molar-refractivity contribution in [2.24, 2.45) is 0 Å². The van der Waals surface area contributed by atoms with Gasteiger partial charge in [-0.1, -0.05) is 0 Å². The zero-order valence-electron chi connectivity index (χ0n) is 7.42. The van der Waals surface area contributed by atoms with Crippen molar-refractivity contribution in [1.29, 1.82) is 0 Å². The van der Waals surface area contributed by atoms with Crippen LogP contribution < -0.4 is 0 Å². The Morgan fingerprint density at radius 1 is 1.27 bits per heavy atom. The van der Waals surface area contributed by atoms with Crippen molar-refractivity contribution in [1.82, 2.24) is 9.80 Å². The minimum Gasteiger partial charge on any atom is -0.330 e. The molecule has 0 aliphatic heterocycles. The lowest BCUT2D eigenvalue weighted by Crippen LogP contribution is -2.41. The highest BCUT2D eigenvalue weighted by Gasteiger charge is 2.16. The number of imide groups is 1. The van der Waals surface area contributed by atoms with Gasteiger partial charge in [0.25, 0.3) is 0 Å². The van der Waals surface area contributed by atoms with Crippen molar-refractivity contribution in [2.45, 2.75) is 13.8 Å². The fourth-order valence-corrected chi connectivity index (χ4v) is 0.734. The van der Waals surface area contributed by atoms with E-state index in [-0.39, 0.29) is 11.9 Å². The van der Waals surface area contributed by atoms with E-state index in [2.05, 4.69) is 0 Å². The first-order valence-corrected chi connectivity index (χ1v) is 3.50. The Labute approximate surface area is 66.8 Å². The van der Waals surface area contributed by atoms with E-state index in [1.165, 1.54) is 16.7 Å². The molecule has 4 heteroatoms. The Balaban J connectivity index is 4.27. The van der Waals surface area contributed by atoms with Crippen LogP contribution in [-0.2, 0) is 4.79 Å². The predicted octanol–water partition coefficient (Wildman–Crippen LogP) is 0.536. The molecule has 0 aliphatic carbocycles. The Hall–Kier alpha value is -1.06. The molecule has 0 spiro atoms. The van der Waals surface area contributed by atoms with Crippen molar-refractivity contribution < 1.29 is 9.59 Å². The average molecular weight is 158 g/mol. The number of rotatable bonds is 1. The van der Waals surface area contributed by atoms with Crippen LogP contribution in [0.25, 0.3) is 0 Å². The lowest BCUT2D eigenvalue weighted by molar-refractivity contribution is -0.126. The minimum atomic E-state index is -0.264. The second-order valence-electron chi connectivity index (χ2n) is 2.44. The minimum absolute atomic E-state index is 0.216. The van der Waals surface area contributed by atoms with Gasteiger partial charge in [-0.3, -0.25) is 9.69 Å². The summed E-state index contributed by atoms with van der Waals surface area (Å²) >= 11 is 0. The van der Waals surface area contributed by atoms with Crippen LogP contribution in [0.1, 0.15) is 13.8 Å². The van der Waals surface area contributed by atoms with Crippen molar-refractivity contribution >= 4 is 11.9 Å². The quantitative estimate of drug-likeness (QED) is 0.558. The number of nitrogens with zero attached hydrogens (tertiary/aromatic N) is 2. The van der Waals surface area contributed by atoms with Crippen LogP contribution in [0, 0.1) is 0 Å². The molecule has 0 bridgehead atoms. The molecule has 0 saturated carbocycles. The van der Waals surface area contributed by atoms with Gasteiger partial charge >= 0.3 is 6.03 Å². The molecular weight excluding hydrogens is 144 g/mol. The van der Waals surface area contributed by atoms with E-state index in [9.17, 15) is 9.59 Å². The second-order valence-corrected chi connectivity index (χ2v) is 2.44. The molecule has 0 rings (SSSR count). The Morgan fingerprint density at radius 2 is 1.73 bits per heavy atom. The van der Waals surface area contributed by atoms with Gasteiger partial charge in [-0.05, 0) is 6.92 Å². The first-order valence-electron chi connectivity index (χ1n) is 3.50. The number of amides is 3. The molecule has 64 valence electrons. The van der Waals surface area contributed by atoms with Crippen LogP contribution in [0.15, 0.2) is 0 Å². The van der Waals surface area contributed by atoms with Gasteiger partial charge in [0.2, 0.25) is 5.91 Å². The Morgan fingerprint density at radius 3 is 1.82 bits per heavy atom. The summed E-state index contributed by atoms with van der Waals surface area (Å²) in [5.74, 6) is -0.216. The third-order valence-corrected chi connectivity index (χ3v) is 1.31. The van der Waals surface area contributed by atoms with Crippen LogP contribution in [-0.4, -0.2) is 42.4 Å². The molecule has 11 heavy (non-hydrogen) atoms. The maximum absolute atomic E-state index is 11.1. The summed E-state index contributed by atoms with van der Waals surface area (Å²) < 4.78 is 0. The fourth-order valence-electron chi connectivity index (χ4n) is 0.734. The normalized spacial score (nSPS) is 9.09. The van der Waals surface area contributed by atoms with Crippen molar-refractivity contribution in [3.63, 3.8) is 0 Å². The molecular formula is C7H14N2O2. The van der Waals surface area contributed by atoms with Gasteiger partial charge in [0.15, 0.2) is 0 Å². The summed E-state index contributed by atoms with van der Waals surface area (Å²) in [5.41, 5.74) is 0. The lowest BCUT2D eigenvalue weighted by Gasteiger charge is -2.21. The van der Waals surface area contributed by atoms with Crippen molar-refractivity contribution in [2.75, 3.05) is 20.6 Å². The van der Waals surface area contributed by atoms with Gasteiger partial charge in [0.1, 0.15) is 0 Å². The van der Waals surface area contributed by atoms with E-state index in [0.29, 0.717) is 6.54 Å². The van der Waals surface area contributed by atoms with Crippen LogP contribution in [0.3, 0.4) is 0 Å². The first-order chi connectivity index (χ1) is 5.00. The van der Waals surface area contributed by atoms with Crippen LogP contribution in [0.4, 0.5) is 4.79 Å². The summed E-state index contributed by atoms with van der Waals surface area (Å²) in [7, 11) is 3.24. The molecule has 0 atom stereocenters. The predicted molar refractivity (Wildman–Crippen MR) is 42.1 cm³/mol. The van der Waals surface area contributed by atoms with E-state index in [1.54, 1.807) is 21.0 Å². The first kappa shape index (κ1) is 9.94. The molecule has 0 aromatic heterocycles. The molecule has 3 amide bonds. The summed E-state index contributed by atoms with van der Waals surface area (Å²) in [4.78, 5) is 24.5. The van der Waals surface area contributed by atoms with E-state index < -0.39 is 0 Å². The van der Waals surface area contributed by atoms with E-state index in [4.69, 9.17) is 0 Å². The van der Waals surface area contributed by atoms with Crippen LogP contribution >= 0.6 is 0 Å². The van der Waals surface area contributed by atoms with Gasteiger partial charge in [-0.25, -0.2) is 4.79 Å². The lowest BCUT2D eigenvalue weighted by atomic mass is 10.5. The largest absolute Gasteiger partial charge is 0.330 e. The van der Waals surface area contributed by atoms with Crippen LogP contribution in [0.2, 0.25) is 0 Å². The number of urea groups is 1. The molecule has 0 unspecified atom stereocenters. The van der Waals surface area contributed by atoms with Crippen LogP contribution in [0.5, 0.6) is 0 Å². The maximum Gasteiger partial charge on any atom is 0.326 e. The molecule has 0 radical (unpaired) electrons. The third kappa shape index (κ3) is 2.57. The number of carbonyl (C=O) groups is 2. The standard InChI is InChI=1S/C7H14N2O2/c1-5-9(6(2)10)7(11)8(3)4/h5H2,1-4H3. The number of hydrogen-bond donors (Lipinski definition) is 0. The second kappa shape index (κ2) is 3.95. The third-order valence-electron chi connectivity index (χ3n) is 1.31. The molecule has 0 N–H and O–H groups in total. The van der Waals surface area contributed by atoms with E-state index in [0.717, 1.165) is 0 Å². The molecule has 0 aliphatic rings. The summed E-state index contributed by atoms with van der Waals surface area (Å²) in [5, 5.41) is 0. The molecule has 4 nitrogen and oxygen atoms in total. The molecule has 0 aromatic rings. The van der Waals surface area contributed by atoms with Gasteiger partial charge in [-0.15, -0.1) is 0 Å². The smallest absolute Gasteiger partial charge is 0.326 e. The van der Waals surface area contributed by atoms with Gasteiger partial charge in [0, 0.05) is 27.6 Å². The number of carbonyl (C=O) groups excluding carboxylic acids is 2. The SMILES string of the molecule is CCN(C(C)=O)C(=O)N(C)C. The molecule has 0 saturated heterocycles. The number of hydrogen-bond acceptors (Lipinski definition) is 2. The molecule has 0 aromatic carbocycles. The molecule has 0 fully saturated rings. The van der Waals surface area contributed by atoms with E-state index in [1.807, 2.05) is 0 Å². The van der Waals surface area contributed by atoms with Gasteiger partial charge in [0.05, 0.1) is 0 Å². The highest BCUT2D eigenvalue weighted by molar-refractivity contribution is 5.92. The summed E-state index contributed by atoms with van der Waals surface area (Å²) in [6.45, 7) is 3.57. The molecule has 0 heterocycles. The van der Waals surface area contributed by atoms with Gasteiger partial charge < -0.3 is 4.90 Å². The maximum atomic E-state index is 11.1. The fraction of sp³-hybridized carbons (Fsp3) is 0.714. The zero-order valence-corrected chi connectivity index (χ0v) is 7.42. The highest BCUT2D eigenvalue weighted by Crippen LogP contribution is 1.94. The van der Waals surface area contributed by atoms with Gasteiger partial charge in [-0.2, -0.15) is 0 Å². The average Bonchev–Trinajstić information content (AvgIpc) is 1.88. The Kier molecular flexibility index (Phi) is 3.57. The Bertz CT molecular complexity index is 166. The van der Waals surface area contributed by atoms with E-state index >= 15 is 0 Å². The monoisotopic (exact) mass is 158 g/mol. The topological polar surface area (TPSA) is 40.6 Å².